The number of benzene rings is 1. The molecule has 0 spiro atoms. The summed E-state index contributed by atoms with van der Waals surface area (Å²) in [5.74, 6) is 0. The van der Waals surface area contributed by atoms with Crippen LogP contribution in [-0.4, -0.2) is 19.8 Å². The van der Waals surface area contributed by atoms with Crippen molar-refractivity contribution in [2.45, 2.75) is 6.04 Å². The lowest BCUT2D eigenvalue weighted by molar-refractivity contribution is -0.121. The van der Waals surface area contributed by atoms with Crippen LogP contribution < -0.4 is 11.5 Å². The molecule has 1 aromatic rings. The first kappa shape index (κ1) is 11.1. The standard InChI is InChI=1S/C11H15BrN2O/c12-9-4-2-1-3-8(9)10(14)11(5-13)6-15-7-11/h1-4,10H,5-7,13-14H2. The fourth-order valence-corrected chi connectivity index (χ4v) is 2.38. The molecular weight excluding hydrogens is 256 g/mol. The summed E-state index contributed by atoms with van der Waals surface area (Å²) in [6.07, 6.45) is 0. The molecular formula is C11H15BrN2O. The zero-order valence-electron chi connectivity index (χ0n) is 8.45. The molecule has 4 N–H and O–H groups in total. The van der Waals surface area contributed by atoms with Gasteiger partial charge in [-0.2, -0.15) is 0 Å². The molecule has 0 bridgehead atoms. The van der Waals surface area contributed by atoms with Crippen LogP contribution in [0, 0.1) is 5.41 Å². The second-order valence-corrected chi connectivity index (χ2v) is 4.91. The van der Waals surface area contributed by atoms with E-state index in [1.54, 1.807) is 0 Å². The first-order valence-corrected chi connectivity index (χ1v) is 5.77. The van der Waals surface area contributed by atoms with Crippen molar-refractivity contribution in [3.8, 4) is 0 Å². The topological polar surface area (TPSA) is 61.3 Å². The lowest BCUT2D eigenvalue weighted by atomic mass is 9.76. The third-order valence-corrected chi connectivity index (χ3v) is 3.81. The van der Waals surface area contributed by atoms with Gasteiger partial charge >= 0.3 is 0 Å². The van der Waals surface area contributed by atoms with Gasteiger partial charge in [0.1, 0.15) is 0 Å². The Morgan fingerprint density at radius 2 is 2.07 bits per heavy atom. The van der Waals surface area contributed by atoms with Crippen LogP contribution in [0.25, 0.3) is 0 Å². The Labute approximate surface area is 97.9 Å². The molecule has 1 aliphatic rings. The van der Waals surface area contributed by atoms with E-state index in [0.717, 1.165) is 10.0 Å². The smallest absolute Gasteiger partial charge is 0.0575 e. The fraction of sp³-hybridized carbons (Fsp3) is 0.455. The van der Waals surface area contributed by atoms with Crippen LogP contribution in [0.4, 0.5) is 0 Å². The van der Waals surface area contributed by atoms with Crippen LogP contribution in [0.5, 0.6) is 0 Å². The number of rotatable bonds is 3. The van der Waals surface area contributed by atoms with Gasteiger partial charge in [-0.25, -0.2) is 0 Å². The molecule has 15 heavy (non-hydrogen) atoms. The first-order chi connectivity index (χ1) is 7.19. The average Bonchev–Trinajstić information content (AvgIpc) is 2.17. The van der Waals surface area contributed by atoms with Gasteiger partial charge in [-0.05, 0) is 11.6 Å². The molecule has 1 heterocycles. The van der Waals surface area contributed by atoms with E-state index in [4.69, 9.17) is 16.2 Å². The lowest BCUT2D eigenvalue weighted by Crippen LogP contribution is -2.55. The average molecular weight is 271 g/mol. The molecule has 2 rings (SSSR count). The van der Waals surface area contributed by atoms with Gasteiger partial charge < -0.3 is 16.2 Å². The van der Waals surface area contributed by atoms with Crippen molar-refractivity contribution in [2.75, 3.05) is 19.8 Å². The molecule has 82 valence electrons. The summed E-state index contributed by atoms with van der Waals surface area (Å²) in [7, 11) is 0. The van der Waals surface area contributed by atoms with Crippen molar-refractivity contribution >= 4 is 15.9 Å². The van der Waals surface area contributed by atoms with E-state index in [2.05, 4.69) is 15.9 Å². The van der Waals surface area contributed by atoms with Crippen LogP contribution >= 0.6 is 15.9 Å². The molecule has 1 aromatic carbocycles. The Morgan fingerprint density at radius 1 is 1.40 bits per heavy atom. The number of ether oxygens (including phenoxy) is 1. The molecule has 4 heteroatoms. The normalized spacial score (nSPS) is 20.7. The summed E-state index contributed by atoms with van der Waals surface area (Å²) in [5.41, 5.74) is 13.1. The summed E-state index contributed by atoms with van der Waals surface area (Å²) >= 11 is 3.51. The minimum Gasteiger partial charge on any atom is -0.380 e. The Morgan fingerprint density at radius 3 is 2.53 bits per heavy atom. The molecule has 0 aliphatic carbocycles. The Balaban J connectivity index is 2.27. The van der Waals surface area contributed by atoms with Crippen molar-refractivity contribution in [3.05, 3.63) is 34.3 Å². The van der Waals surface area contributed by atoms with Crippen LogP contribution in [0.1, 0.15) is 11.6 Å². The van der Waals surface area contributed by atoms with Gasteiger partial charge in [-0.15, -0.1) is 0 Å². The number of hydrogen-bond donors (Lipinski definition) is 2. The maximum Gasteiger partial charge on any atom is 0.0575 e. The van der Waals surface area contributed by atoms with Crippen molar-refractivity contribution < 1.29 is 4.74 Å². The largest absolute Gasteiger partial charge is 0.380 e. The number of halogens is 1. The maximum absolute atomic E-state index is 6.26. The molecule has 1 atom stereocenters. The minimum absolute atomic E-state index is 0.0631. The molecule has 0 radical (unpaired) electrons. The maximum atomic E-state index is 6.26. The Hall–Kier alpha value is -0.420. The summed E-state index contributed by atoms with van der Waals surface area (Å²) in [4.78, 5) is 0. The summed E-state index contributed by atoms with van der Waals surface area (Å²) in [5, 5.41) is 0. The monoisotopic (exact) mass is 270 g/mol. The van der Waals surface area contributed by atoms with E-state index in [1.165, 1.54) is 0 Å². The minimum atomic E-state index is -0.0795. The van der Waals surface area contributed by atoms with Crippen molar-refractivity contribution in [3.63, 3.8) is 0 Å². The van der Waals surface area contributed by atoms with Gasteiger partial charge in [-0.1, -0.05) is 34.1 Å². The van der Waals surface area contributed by atoms with Crippen molar-refractivity contribution in [1.82, 2.24) is 0 Å². The molecule has 0 saturated carbocycles. The second-order valence-electron chi connectivity index (χ2n) is 4.06. The van der Waals surface area contributed by atoms with Crippen molar-refractivity contribution in [2.24, 2.45) is 16.9 Å². The van der Waals surface area contributed by atoms with Gasteiger partial charge in [0.05, 0.1) is 13.2 Å². The molecule has 0 amide bonds. The van der Waals surface area contributed by atoms with Gasteiger partial charge in [0.2, 0.25) is 0 Å². The van der Waals surface area contributed by atoms with Crippen LogP contribution in [0.2, 0.25) is 0 Å². The quantitative estimate of drug-likeness (QED) is 0.874. The molecule has 1 unspecified atom stereocenters. The highest BCUT2D eigenvalue weighted by Gasteiger charge is 2.44. The SMILES string of the molecule is NCC1(C(N)c2ccccc2Br)COC1. The zero-order valence-corrected chi connectivity index (χ0v) is 10.0. The van der Waals surface area contributed by atoms with Crippen LogP contribution in [0.15, 0.2) is 28.7 Å². The van der Waals surface area contributed by atoms with Gasteiger partial charge in [0.15, 0.2) is 0 Å². The summed E-state index contributed by atoms with van der Waals surface area (Å²) < 4.78 is 6.28. The van der Waals surface area contributed by atoms with E-state index in [9.17, 15) is 0 Å². The van der Waals surface area contributed by atoms with E-state index in [1.807, 2.05) is 24.3 Å². The highest BCUT2D eigenvalue weighted by Crippen LogP contribution is 2.40. The lowest BCUT2D eigenvalue weighted by Gasteiger charge is -2.45. The third-order valence-electron chi connectivity index (χ3n) is 3.09. The van der Waals surface area contributed by atoms with Gasteiger partial charge in [-0.3, -0.25) is 0 Å². The predicted octanol–water partition coefficient (Wildman–Crippen LogP) is 1.42. The second kappa shape index (κ2) is 4.22. The summed E-state index contributed by atoms with van der Waals surface area (Å²) in [6.45, 7) is 1.88. The third kappa shape index (κ3) is 1.83. The molecule has 1 aliphatic heterocycles. The van der Waals surface area contributed by atoms with Crippen LogP contribution in [-0.2, 0) is 4.74 Å². The summed E-state index contributed by atoms with van der Waals surface area (Å²) in [6, 6.07) is 7.94. The molecule has 0 aromatic heterocycles. The molecule has 1 saturated heterocycles. The molecule has 3 nitrogen and oxygen atoms in total. The van der Waals surface area contributed by atoms with Gasteiger partial charge in [0, 0.05) is 22.5 Å². The van der Waals surface area contributed by atoms with E-state index in [0.29, 0.717) is 19.8 Å². The van der Waals surface area contributed by atoms with Gasteiger partial charge in [0.25, 0.3) is 0 Å². The van der Waals surface area contributed by atoms with E-state index < -0.39 is 0 Å². The predicted molar refractivity (Wildman–Crippen MR) is 63.4 cm³/mol. The van der Waals surface area contributed by atoms with Crippen LogP contribution in [0.3, 0.4) is 0 Å². The van der Waals surface area contributed by atoms with Crippen molar-refractivity contribution in [1.29, 1.82) is 0 Å². The Kier molecular flexibility index (Phi) is 3.11. The zero-order chi connectivity index (χ0) is 10.9. The Bertz CT molecular complexity index is 347. The van der Waals surface area contributed by atoms with E-state index in [-0.39, 0.29) is 11.5 Å². The number of hydrogen-bond acceptors (Lipinski definition) is 3. The first-order valence-electron chi connectivity index (χ1n) is 4.97. The highest BCUT2D eigenvalue weighted by molar-refractivity contribution is 9.10. The molecule has 1 fully saturated rings. The fourth-order valence-electron chi connectivity index (χ4n) is 1.85. The van der Waals surface area contributed by atoms with E-state index >= 15 is 0 Å². The highest BCUT2D eigenvalue weighted by atomic mass is 79.9. The number of nitrogens with two attached hydrogens (primary N) is 2.